The first kappa shape index (κ1) is 13.3. The average molecular weight is 330 g/mol. The zero-order valence-corrected chi connectivity index (χ0v) is 11.7. The summed E-state index contributed by atoms with van der Waals surface area (Å²) in [5.41, 5.74) is 0.808. The molecular formula is C10H8BrCl3O. The number of carbonyl (C=O) groups is 1. The van der Waals surface area contributed by atoms with Gasteiger partial charge in [-0.05, 0) is 31.0 Å². The lowest BCUT2D eigenvalue weighted by molar-refractivity contribution is -0.116. The van der Waals surface area contributed by atoms with Crippen LogP contribution in [-0.2, 0) is 11.2 Å². The minimum Gasteiger partial charge on any atom is -0.299 e. The summed E-state index contributed by atoms with van der Waals surface area (Å²) in [7, 11) is 0. The second kappa shape index (κ2) is 5.53. The minimum absolute atomic E-state index is 0.0529. The van der Waals surface area contributed by atoms with Crippen molar-refractivity contribution >= 4 is 56.5 Å². The molecule has 15 heavy (non-hydrogen) atoms. The summed E-state index contributed by atoms with van der Waals surface area (Å²) in [5, 5.41) is 1.38. The Morgan fingerprint density at radius 3 is 2.33 bits per heavy atom. The monoisotopic (exact) mass is 328 g/mol. The molecule has 0 aliphatic heterocycles. The number of benzene rings is 1. The van der Waals surface area contributed by atoms with E-state index in [9.17, 15) is 4.79 Å². The molecule has 0 aliphatic rings. The number of alkyl halides is 1. The summed E-state index contributed by atoms with van der Waals surface area (Å²) in [6.45, 7) is 1.52. The molecular weight excluding hydrogens is 322 g/mol. The van der Waals surface area contributed by atoms with Gasteiger partial charge in [-0.3, -0.25) is 4.79 Å². The minimum atomic E-state index is -0.243. The lowest BCUT2D eigenvalue weighted by Crippen LogP contribution is -2.12. The maximum absolute atomic E-state index is 11.1. The van der Waals surface area contributed by atoms with Crippen LogP contribution in [0.4, 0.5) is 0 Å². The fourth-order valence-corrected chi connectivity index (χ4v) is 2.05. The molecule has 0 bridgehead atoms. The maximum Gasteiger partial charge on any atom is 0.143 e. The Hall–Kier alpha value is 0.240. The zero-order valence-electron chi connectivity index (χ0n) is 7.86. The van der Waals surface area contributed by atoms with Crippen LogP contribution in [0, 0.1) is 0 Å². The SMILES string of the molecule is CC(=O)C(Br)Cc1cc(Cl)c(Cl)cc1Cl. The third-order valence-electron chi connectivity index (χ3n) is 1.93. The van der Waals surface area contributed by atoms with E-state index in [0.29, 0.717) is 21.5 Å². The Balaban J connectivity index is 2.95. The third kappa shape index (κ3) is 3.63. The molecule has 5 heteroatoms. The third-order valence-corrected chi connectivity index (χ3v) is 3.97. The van der Waals surface area contributed by atoms with Gasteiger partial charge in [0.1, 0.15) is 5.78 Å². The van der Waals surface area contributed by atoms with Crippen LogP contribution in [0.3, 0.4) is 0 Å². The topological polar surface area (TPSA) is 17.1 Å². The Morgan fingerprint density at radius 2 is 1.80 bits per heavy atom. The molecule has 0 heterocycles. The Morgan fingerprint density at radius 1 is 1.27 bits per heavy atom. The predicted molar refractivity (Wildman–Crippen MR) is 68.6 cm³/mol. The van der Waals surface area contributed by atoms with Crippen LogP contribution in [0.15, 0.2) is 12.1 Å². The van der Waals surface area contributed by atoms with Gasteiger partial charge in [0.2, 0.25) is 0 Å². The molecule has 0 aliphatic carbocycles. The summed E-state index contributed by atoms with van der Waals surface area (Å²) in [6, 6.07) is 3.27. The largest absolute Gasteiger partial charge is 0.299 e. The highest BCUT2D eigenvalue weighted by Crippen LogP contribution is 2.30. The summed E-state index contributed by atoms with van der Waals surface area (Å²) in [4.78, 5) is 10.8. The van der Waals surface area contributed by atoms with Crippen molar-refractivity contribution in [3.8, 4) is 0 Å². The molecule has 0 saturated carbocycles. The van der Waals surface area contributed by atoms with Crippen molar-refractivity contribution in [3.63, 3.8) is 0 Å². The van der Waals surface area contributed by atoms with Gasteiger partial charge in [-0.25, -0.2) is 0 Å². The molecule has 1 aromatic rings. The van der Waals surface area contributed by atoms with Gasteiger partial charge in [0, 0.05) is 5.02 Å². The lowest BCUT2D eigenvalue weighted by Gasteiger charge is -2.09. The van der Waals surface area contributed by atoms with E-state index in [1.807, 2.05) is 0 Å². The normalized spacial score (nSPS) is 12.6. The number of ketones is 1. The molecule has 1 unspecified atom stereocenters. The highest BCUT2D eigenvalue weighted by molar-refractivity contribution is 9.10. The van der Waals surface area contributed by atoms with E-state index in [2.05, 4.69) is 15.9 Å². The van der Waals surface area contributed by atoms with Crippen molar-refractivity contribution in [2.75, 3.05) is 0 Å². The van der Waals surface area contributed by atoms with Gasteiger partial charge in [-0.1, -0.05) is 50.7 Å². The molecule has 0 radical (unpaired) electrons. The lowest BCUT2D eigenvalue weighted by atomic mass is 10.1. The number of hydrogen-bond acceptors (Lipinski definition) is 1. The van der Waals surface area contributed by atoms with E-state index in [1.54, 1.807) is 12.1 Å². The Bertz CT molecular complexity index is 392. The van der Waals surface area contributed by atoms with Crippen LogP contribution in [0.5, 0.6) is 0 Å². The molecule has 82 valence electrons. The summed E-state index contributed by atoms with van der Waals surface area (Å²) in [5.74, 6) is 0.0529. The molecule has 1 rings (SSSR count). The number of halogens is 4. The van der Waals surface area contributed by atoms with Gasteiger partial charge in [0.15, 0.2) is 0 Å². The van der Waals surface area contributed by atoms with Crippen molar-refractivity contribution in [2.45, 2.75) is 18.2 Å². The number of rotatable bonds is 3. The van der Waals surface area contributed by atoms with Crippen molar-refractivity contribution in [1.29, 1.82) is 0 Å². The molecule has 0 amide bonds. The van der Waals surface area contributed by atoms with Gasteiger partial charge < -0.3 is 0 Å². The van der Waals surface area contributed by atoms with Gasteiger partial charge in [-0.2, -0.15) is 0 Å². The van der Waals surface area contributed by atoms with Crippen LogP contribution in [-0.4, -0.2) is 10.6 Å². The maximum atomic E-state index is 11.1. The molecule has 1 nitrogen and oxygen atoms in total. The highest BCUT2D eigenvalue weighted by Gasteiger charge is 2.14. The summed E-state index contributed by atoms with van der Waals surface area (Å²) < 4.78 is 0. The summed E-state index contributed by atoms with van der Waals surface area (Å²) >= 11 is 20.9. The van der Waals surface area contributed by atoms with E-state index < -0.39 is 0 Å². The van der Waals surface area contributed by atoms with Crippen molar-refractivity contribution < 1.29 is 4.79 Å². The molecule has 1 atom stereocenters. The second-order valence-corrected chi connectivity index (χ2v) is 5.47. The standard InChI is InChI=1S/C10H8BrCl3O/c1-5(15)7(11)2-6-3-9(13)10(14)4-8(6)12/h3-4,7H,2H2,1H3. The van der Waals surface area contributed by atoms with Gasteiger partial charge in [0.05, 0.1) is 14.9 Å². The fraction of sp³-hybridized carbons (Fsp3) is 0.300. The molecule has 0 aromatic heterocycles. The molecule has 1 aromatic carbocycles. The molecule has 0 fully saturated rings. The van der Waals surface area contributed by atoms with Gasteiger partial charge in [0.25, 0.3) is 0 Å². The quantitative estimate of drug-likeness (QED) is 0.587. The number of Topliss-reactive ketones (excluding diaryl/α,β-unsaturated/α-hetero) is 1. The van der Waals surface area contributed by atoms with Crippen LogP contribution in [0.2, 0.25) is 15.1 Å². The van der Waals surface area contributed by atoms with Gasteiger partial charge >= 0.3 is 0 Å². The van der Waals surface area contributed by atoms with Crippen molar-refractivity contribution in [2.24, 2.45) is 0 Å². The van der Waals surface area contributed by atoms with Crippen LogP contribution in [0.25, 0.3) is 0 Å². The first-order valence-corrected chi connectivity index (χ1v) is 6.24. The van der Waals surface area contributed by atoms with E-state index in [1.165, 1.54) is 6.92 Å². The van der Waals surface area contributed by atoms with Crippen LogP contribution >= 0.6 is 50.7 Å². The van der Waals surface area contributed by atoms with Crippen molar-refractivity contribution in [1.82, 2.24) is 0 Å². The second-order valence-electron chi connectivity index (χ2n) is 3.14. The highest BCUT2D eigenvalue weighted by atomic mass is 79.9. The smallest absolute Gasteiger partial charge is 0.143 e. The molecule has 0 N–H and O–H groups in total. The van der Waals surface area contributed by atoms with Gasteiger partial charge in [-0.15, -0.1) is 0 Å². The summed E-state index contributed by atoms with van der Waals surface area (Å²) in [6.07, 6.45) is 0.505. The fourth-order valence-electron chi connectivity index (χ4n) is 1.06. The number of hydrogen-bond donors (Lipinski definition) is 0. The Kier molecular flexibility index (Phi) is 4.91. The Labute approximate surface area is 112 Å². The zero-order chi connectivity index (χ0) is 11.6. The van der Waals surface area contributed by atoms with Crippen LogP contribution < -0.4 is 0 Å². The van der Waals surface area contributed by atoms with Crippen molar-refractivity contribution in [3.05, 3.63) is 32.8 Å². The number of carbonyl (C=O) groups excluding carboxylic acids is 1. The average Bonchev–Trinajstić information content (AvgIpc) is 2.13. The van der Waals surface area contributed by atoms with E-state index in [4.69, 9.17) is 34.8 Å². The predicted octanol–water partition coefficient (Wildman–Crippen LogP) is 4.54. The van der Waals surface area contributed by atoms with E-state index >= 15 is 0 Å². The molecule has 0 spiro atoms. The van der Waals surface area contributed by atoms with E-state index in [0.717, 1.165) is 5.56 Å². The molecule has 0 saturated heterocycles. The van der Waals surface area contributed by atoms with E-state index in [-0.39, 0.29) is 10.6 Å². The van der Waals surface area contributed by atoms with Crippen LogP contribution in [0.1, 0.15) is 12.5 Å². The first-order chi connectivity index (χ1) is 6.91. The first-order valence-electron chi connectivity index (χ1n) is 4.19.